The van der Waals surface area contributed by atoms with Gasteiger partial charge in [-0.1, -0.05) is 22.4 Å². The van der Waals surface area contributed by atoms with Gasteiger partial charge in [0.05, 0.1) is 11.0 Å². The van der Waals surface area contributed by atoms with E-state index in [0.717, 1.165) is 30.3 Å². The van der Waals surface area contributed by atoms with E-state index in [-0.39, 0.29) is 22.6 Å². The van der Waals surface area contributed by atoms with Gasteiger partial charge in [0.1, 0.15) is 0 Å². The molecule has 0 aliphatic heterocycles. The highest BCUT2D eigenvalue weighted by Crippen LogP contribution is 2.28. The molecule has 5 nitrogen and oxygen atoms in total. The van der Waals surface area contributed by atoms with Crippen LogP contribution < -0.4 is 0 Å². The Hall–Kier alpha value is -0.980. The smallest absolute Gasteiger partial charge is 0.273 e. The van der Waals surface area contributed by atoms with Crippen LogP contribution in [0, 0.1) is 16.0 Å². The Kier molecular flexibility index (Phi) is 5.12. The molecule has 0 heterocycles. The Morgan fingerprint density at radius 2 is 2.25 bits per heavy atom. The van der Waals surface area contributed by atoms with Gasteiger partial charge in [-0.3, -0.25) is 10.1 Å². The maximum atomic E-state index is 11.0. The molecule has 20 heavy (non-hydrogen) atoms. The molecule has 1 N–H and O–H groups in total. The van der Waals surface area contributed by atoms with E-state index in [2.05, 4.69) is 15.9 Å². The quantitative estimate of drug-likeness (QED) is 0.659. The second kappa shape index (κ2) is 6.65. The SMILES string of the molecule is CN(Cc1cc(Br)ccc1[N+](=O)[O-])CC1CCCC1O. The van der Waals surface area contributed by atoms with Gasteiger partial charge in [0.2, 0.25) is 0 Å². The number of aliphatic hydroxyl groups is 1. The number of benzene rings is 1. The third kappa shape index (κ3) is 3.77. The molecule has 2 rings (SSSR count). The number of aliphatic hydroxyl groups excluding tert-OH is 1. The van der Waals surface area contributed by atoms with Gasteiger partial charge in [-0.25, -0.2) is 0 Å². The first-order chi connectivity index (χ1) is 9.47. The van der Waals surface area contributed by atoms with E-state index in [1.807, 2.05) is 11.9 Å². The third-order valence-electron chi connectivity index (χ3n) is 3.84. The van der Waals surface area contributed by atoms with Gasteiger partial charge in [-0.15, -0.1) is 0 Å². The van der Waals surface area contributed by atoms with Crippen molar-refractivity contribution in [3.8, 4) is 0 Å². The number of nitrogens with zero attached hydrogens (tertiary/aromatic N) is 2. The van der Waals surface area contributed by atoms with E-state index >= 15 is 0 Å². The Morgan fingerprint density at radius 1 is 1.50 bits per heavy atom. The first-order valence-electron chi connectivity index (χ1n) is 6.77. The number of nitro benzene ring substituents is 1. The van der Waals surface area contributed by atoms with Crippen LogP contribution >= 0.6 is 15.9 Å². The molecule has 1 fully saturated rings. The van der Waals surface area contributed by atoms with Crippen LogP contribution in [0.1, 0.15) is 24.8 Å². The van der Waals surface area contributed by atoms with Gasteiger partial charge >= 0.3 is 0 Å². The zero-order valence-corrected chi connectivity index (χ0v) is 13.0. The van der Waals surface area contributed by atoms with Crippen molar-refractivity contribution in [1.82, 2.24) is 4.90 Å². The van der Waals surface area contributed by atoms with Crippen LogP contribution in [0.4, 0.5) is 5.69 Å². The van der Waals surface area contributed by atoms with Crippen LogP contribution in [0.5, 0.6) is 0 Å². The number of halogens is 1. The first-order valence-corrected chi connectivity index (χ1v) is 7.56. The molecule has 0 aromatic heterocycles. The summed E-state index contributed by atoms with van der Waals surface area (Å²) in [5.41, 5.74) is 0.839. The zero-order valence-electron chi connectivity index (χ0n) is 11.5. The van der Waals surface area contributed by atoms with Gasteiger partial charge in [0.15, 0.2) is 0 Å². The van der Waals surface area contributed by atoms with Gasteiger partial charge in [-0.05, 0) is 37.9 Å². The average Bonchev–Trinajstić information content (AvgIpc) is 2.74. The van der Waals surface area contributed by atoms with E-state index in [4.69, 9.17) is 0 Å². The number of nitro groups is 1. The van der Waals surface area contributed by atoms with Crippen molar-refractivity contribution in [3.63, 3.8) is 0 Å². The van der Waals surface area contributed by atoms with Crippen LogP contribution in [-0.2, 0) is 6.54 Å². The summed E-state index contributed by atoms with van der Waals surface area (Å²) >= 11 is 3.35. The second-order valence-corrected chi connectivity index (χ2v) is 6.40. The number of hydrogen-bond acceptors (Lipinski definition) is 4. The van der Waals surface area contributed by atoms with E-state index in [9.17, 15) is 15.2 Å². The van der Waals surface area contributed by atoms with Crippen LogP contribution in [0.15, 0.2) is 22.7 Å². The molecule has 0 saturated heterocycles. The largest absolute Gasteiger partial charge is 0.393 e. The Labute approximate surface area is 126 Å². The van der Waals surface area contributed by atoms with E-state index in [0.29, 0.717) is 12.1 Å². The van der Waals surface area contributed by atoms with Crippen LogP contribution in [0.2, 0.25) is 0 Å². The molecular formula is C14H19BrN2O3. The molecule has 1 aromatic carbocycles. The maximum Gasteiger partial charge on any atom is 0.273 e. The summed E-state index contributed by atoms with van der Waals surface area (Å²) in [7, 11) is 1.94. The molecule has 6 heteroatoms. The van der Waals surface area contributed by atoms with Crippen LogP contribution in [-0.4, -0.2) is 34.6 Å². The molecule has 1 aliphatic carbocycles. The highest BCUT2D eigenvalue weighted by Gasteiger charge is 2.26. The number of hydrogen-bond donors (Lipinski definition) is 1. The zero-order chi connectivity index (χ0) is 14.7. The molecule has 0 bridgehead atoms. The molecule has 0 spiro atoms. The fourth-order valence-electron chi connectivity index (χ4n) is 2.84. The molecule has 2 atom stereocenters. The van der Waals surface area contributed by atoms with Crippen molar-refractivity contribution in [2.24, 2.45) is 5.92 Å². The minimum absolute atomic E-state index is 0.145. The van der Waals surface area contributed by atoms with Crippen molar-refractivity contribution >= 4 is 21.6 Å². The summed E-state index contributed by atoms with van der Waals surface area (Å²) in [5.74, 6) is 0.284. The van der Waals surface area contributed by atoms with Crippen molar-refractivity contribution < 1.29 is 10.0 Å². The van der Waals surface area contributed by atoms with Crippen LogP contribution in [0.25, 0.3) is 0 Å². The molecule has 1 aromatic rings. The van der Waals surface area contributed by atoms with Crippen molar-refractivity contribution in [3.05, 3.63) is 38.3 Å². The average molecular weight is 343 g/mol. The van der Waals surface area contributed by atoms with Crippen molar-refractivity contribution in [2.75, 3.05) is 13.6 Å². The van der Waals surface area contributed by atoms with Gasteiger partial charge in [0, 0.05) is 29.2 Å². The van der Waals surface area contributed by atoms with Crippen LogP contribution in [0.3, 0.4) is 0 Å². The van der Waals surface area contributed by atoms with E-state index in [1.54, 1.807) is 12.1 Å². The summed E-state index contributed by atoms with van der Waals surface area (Å²) in [6.45, 7) is 1.28. The van der Waals surface area contributed by atoms with E-state index < -0.39 is 0 Å². The second-order valence-electron chi connectivity index (χ2n) is 5.49. The third-order valence-corrected chi connectivity index (χ3v) is 4.34. The number of rotatable bonds is 5. The monoisotopic (exact) mass is 342 g/mol. The Bertz CT molecular complexity index is 495. The lowest BCUT2D eigenvalue weighted by molar-refractivity contribution is -0.385. The lowest BCUT2D eigenvalue weighted by Gasteiger charge is -2.23. The first kappa shape index (κ1) is 15.4. The van der Waals surface area contributed by atoms with Gasteiger partial charge in [0.25, 0.3) is 5.69 Å². The minimum atomic E-state index is -0.347. The molecule has 1 aliphatic rings. The predicted octanol–water partition coefficient (Wildman–Crippen LogP) is 2.95. The highest BCUT2D eigenvalue weighted by molar-refractivity contribution is 9.10. The molecule has 0 radical (unpaired) electrons. The molecule has 0 amide bonds. The Balaban J connectivity index is 2.05. The fourth-order valence-corrected chi connectivity index (χ4v) is 3.25. The molecule has 110 valence electrons. The summed E-state index contributed by atoms with van der Waals surface area (Å²) in [6.07, 6.45) is 2.74. The Morgan fingerprint density at radius 3 is 2.85 bits per heavy atom. The fraction of sp³-hybridized carbons (Fsp3) is 0.571. The lowest BCUT2D eigenvalue weighted by atomic mass is 10.1. The normalized spacial score (nSPS) is 22.4. The van der Waals surface area contributed by atoms with Crippen molar-refractivity contribution in [2.45, 2.75) is 31.9 Å². The summed E-state index contributed by atoms with van der Waals surface area (Å²) < 4.78 is 0.840. The predicted molar refractivity (Wildman–Crippen MR) is 80.5 cm³/mol. The van der Waals surface area contributed by atoms with Crippen molar-refractivity contribution in [1.29, 1.82) is 0 Å². The van der Waals surface area contributed by atoms with E-state index in [1.165, 1.54) is 6.07 Å². The lowest BCUT2D eigenvalue weighted by Crippen LogP contribution is -2.29. The minimum Gasteiger partial charge on any atom is -0.393 e. The van der Waals surface area contributed by atoms with Gasteiger partial charge in [-0.2, -0.15) is 0 Å². The standard InChI is InChI=1S/C14H19BrN2O3/c1-16(8-10-3-2-4-14(10)18)9-11-7-12(15)5-6-13(11)17(19)20/h5-7,10,14,18H,2-4,8-9H2,1H3. The molecule has 1 saturated carbocycles. The molecular weight excluding hydrogens is 324 g/mol. The molecule has 2 unspecified atom stereocenters. The topological polar surface area (TPSA) is 66.6 Å². The summed E-state index contributed by atoms with van der Waals surface area (Å²) in [5, 5.41) is 20.9. The highest BCUT2D eigenvalue weighted by atomic mass is 79.9. The summed E-state index contributed by atoms with van der Waals surface area (Å²) in [4.78, 5) is 12.7. The maximum absolute atomic E-state index is 11.0. The van der Waals surface area contributed by atoms with Gasteiger partial charge < -0.3 is 10.0 Å². The summed E-state index contributed by atoms with van der Waals surface area (Å²) in [6, 6.07) is 5.00.